The molecule has 2 heterocycles. The van der Waals surface area contributed by atoms with Crippen molar-refractivity contribution in [1.82, 2.24) is 4.40 Å². The third kappa shape index (κ3) is 2.94. The topological polar surface area (TPSA) is 52.6 Å². The Bertz CT molecular complexity index is 976. The molecule has 3 rings (SSSR count). The van der Waals surface area contributed by atoms with Crippen LogP contribution in [0.2, 0.25) is 15.1 Å². The lowest BCUT2D eigenvalue weighted by Gasteiger charge is -2.06. The van der Waals surface area contributed by atoms with Crippen LogP contribution in [-0.2, 0) is 0 Å². The van der Waals surface area contributed by atoms with Gasteiger partial charge >= 0.3 is 0 Å². The number of rotatable bonds is 3. The molecular formula is C17H11Cl3N4. The number of hydrazone groups is 1. The lowest BCUT2D eigenvalue weighted by Crippen LogP contribution is -1.93. The zero-order chi connectivity index (χ0) is 17.3. The van der Waals surface area contributed by atoms with Crippen molar-refractivity contribution >= 4 is 52.2 Å². The van der Waals surface area contributed by atoms with E-state index < -0.39 is 0 Å². The molecule has 1 N–H and O–H groups in total. The van der Waals surface area contributed by atoms with Crippen molar-refractivity contribution in [2.45, 2.75) is 6.92 Å². The number of halogens is 3. The highest BCUT2D eigenvalue weighted by molar-refractivity contribution is 6.41. The fraction of sp³-hybridized carbons (Fsp3) is 0.0588. The van der Waals surface area contributed by atoms with Gasteiger partial charge in [0.05, 0.1) is 27.5 Å². The van der Waals surface area contributed by atoms with Crippen LogP contribution >= 0.6 is 34.8 Å². The second-order valence-corrected chi connectivity index (χ2v) is 6.32. The molecule has 7 heteroatoms. The van der Waals surface area contributed by atoms with E-state index in [-0.39, 0.29) is 0 Å². The van der Waals surface area contributed by atoms with Gasteiger partial charge in [0.2, 0.25) is 0 Å². The normalized spacial score (nSPS) is 11.1. The number of nitrogens with zero attached hydrogens (tertiary/aromatic N) is 3. The van der Waals surface area contributed by atoms with Crippen molar-refractivity contribution in [2.24, 2.45) is 5.10 Å². The van der Waals surface area contributed by atoms with Gasteiger partial charge in [-0.1, -0.05) is 40.9 Å². The first-order chi connectivity index (χ1) is 11.5. The van der Waals surface area contributed by atoms with Gasteiger partial charge in [0.25, 0.3) is 0 Å². The Kier molecular flexibility index (Phi) is 4.68. The Morgan fingerprint density at radius 3 is 2.58 bits per heavy atom. The minimum absolute atomic E-state index is 0.376. The molecule has 0 fully saturated rings. The van der Waals surface area contributed by atoms with Crippen LogP contribution in [0.5, 0.6) is 0 Å². The highest BCUT2D eigenvalue weighted by Gasteiger charge is 2.13. The number of fused-ring (bicyclic) bond motifs is 1. The monoisotopic (exact) mass is 376 g/mol. The molecule has 0 radical (unpaired) electrons. The Morgan fingerprint density at radius 1 is 1.21 bits per heavy atom. The molecule has 24 heavy (non-hydrogen) atoms. The fourth-order valence-electron chi connectivity index (χ4n) is 2.47. The highest BCUT2D eigenvalue weighted by Crippen LogP contribution is 2.33. The molecule has 3 aromatic rings. The van der Waals surface area contributed by atoms with Crippen LogP contribution in [0.1, 0.15) is 16.8 Å². The summed E-state index contributed by atoms with van der Waals surface area (Å²) in [7, 11) is 0. The lowest BCUT2D eigenvalue weighted by atomic mass is 10.1. The summed E-state index contributed by atoms with van der Waals surface area (Å²) in [6, 6.07) is 11.1. The molecule has 0 aliphatic rings. The summed E-state index contributed by atoms with van der Waals surface area (Å²) in [6.07, 6.45) is 3.49. The second-order valence-electron chi connectivity index (χ2n) is 5.07. The van der Waals surface area contributed by atoms with Gasteiger partial charge in [-0.2, -0.15) is 10.4 Å². The molecule has 0 atom stereocenters. The largest absolute Gasteiger partial charge is 0.307 e. The number of benzene rings is 1. The molecule has 1 aromatic carbocycles. The minimum Gasteiger partial charge on any atom is -0.307 e. The Hall–Kier alpha value is -2.19. The summed E-state index contributed by atoms with van der Waals surface area (Å²) in [5.41, 5.74) is 6.47. The summed E-state index contributed by atoms with van der Waals surface area (Å²) < 4.78 is 1.83. The summed E-state index contributed by atoms with van der Waals surface area (Å²) >= 11 is 18.1. The van der Waals surface area contributed by atoms with Gasteiger partial charge in [0.1, 0.15) is 11.8 Å². The maximum atomic E-state index is 9.35. The molecule has 0 bridgehead atoms. The predicted octanol–water partition coefficient (Wildman–Crippen LogP) is 5.53. The fourth-order valence-corrected chi connectivity index (χ4v) is 3.37. The number of pyridine rings is 1. The third-order valence-corrected chi connectivity index (χ3v) is 4.43. The number of hydrogen-bond donors (Lipinski definition) is 1. The van der Waals surface area contributed by atoms with E-state index in [4.69, 9.17) is 34.8 Å². The van der Waals surface area contributed by atoms with Crippen LogP contribution in [0.15, 0.2) is 41.6 Å². The Balaban J connectivity index is 1.98. The standard InChI is InChI=1S/C17H11Cl3N4/c1-10-12(15-4-2-3-5-24(15)16(10)8-21)9-22-23-17-13(19)6-11(18)7-14(17)20/h2-7,9,23H,1H3/b22-9+. The summed E-state index contributed by atoms with van der Waals surface area (Å²) in [6.45, 7) is 1.88. The van der Waals surface area contributed by atoms with Crippen molar-refractivity contribution in [1.29, 1.82) is 5.26 Å². The molecule has 0 aliphatic heterocycles. The molecule has 0 unspecified atom stereocenters. The molecule has 0 aliphatic carbocycles. The van der Waals surface area contributed by atoms with E-state index in [0.29, 0.717) is 26.4 Å². The zero-order valence-corrected chi connectivity index (χ0v) is 14.8. The lowest BCUT2D eigenvalue weighted by molar-refractivity contribution is 1.14. The van der Waals surface area contributed by atoms with Gasteiger partial charge in [-0.3, -0.25) is 5.43 Å². The predicted molar refractivity (Wildman–Crippen MR) is 99.5 cm³/mol. The Labute approximate surface area is 153 Å². The van der Waals surface area contributed by atoms with Gasteiger partial charge in [0.15, 0.2) is 0 Å². The molecule has 0 saturated carbocycles. The van der Waals surface area contributed by atoms with Gasteiger partial charge < -0.3 is 4.40 Å². The van der Waals surface area contributed by atoms with Crippen molar-refractivity contribution in [3.8, 4) is 6.07 Å². The van der Waals surface area contributed by atoms with Crippen LogP contribution in [0.3, 0.4) is 0 Å². The molecule has 2 aromatic heterocycles. The highest BCUT2D eigenvalue weighted by atomic mass is 35.5. The SMILES string of the molecule is Cc1c(/C=N/Nc2c(Cl)cc(Cl)cc2Cl)c2ccccn2c1C#N. The van der Waals surface area contributed by atoms with Gasteiger partial charge in [-0.25, -0.2) is 0 Å². The van der Waals surface area contributed by atoms with E-state index in [1.807, 2.05) is 35.7 Å². The molecule has 4 nitrogen and oxygen atoms in total. The molecule has 120 valence electrons. The quantitative estimate of drug-likeness (QED) is 0.482. The molecular weight excluding hydrogens is 367 g/mol. The van der Waals surface area contributed by atoms with E-state index >= 15 is 0 Å². The Morgan fingerprint density at radius 2 is 1.92 bits per heavy atom. The second kappa shape index (κ2) is 6.74. The average molecular weight is 378 g/mol. The minimum atomic E-state index is 0.376. The average Bonchev–Trinajstić information content (AvgIpc) is 2.81. The zero-order valence-electron chi connectivity index (χ0n) is 12.5. The van der Waals surface area contributed by atoms with Crippen molar-refractivity contribution in [3.63, 3.8) is 0 Å². The first-order valence-electron chi connectivity index (χ1n) is 6.96. The van der Waals surface area contributed by atoms with E-state index in [1.165, 1.54) is 0 Å². The summed E-state index contributed by atoms with van der Waals surface area (Å²) in [4.78, 5) is 0. The van der Waals surface area contributed by atoms with E-state index in [0.717, 1.165) is 16.6 Å². The van der Waals surface area contributed by atoms with Crippen LogP contribution < -0.4 is 5.43 Å². The number of nitrogens with one attached hydrogen (secondary N) is 1. The number of hydrogen-bond acceptors (Lipinski definition) is 3. The summed E-state index contributed by atoms with van der Waals surface area (Å²) in [5.74, 6) is 0. The van der Waals surface area contributed by atoms with Crippen LogP contribution in [-0.4, -0.2) is 10.6 Å². The first-order valence-corrected chi connectivity index (χ1v) is 8.09. The van der Waals surface area contributed by atoms with Crippen molar-refractivity contribution < 1.29 is 0 Å². The number of aromatic nitrogens is 1. The van der Waals surface area contributed by atoms with Crippen molar-refractivity contribution in [2.75, 3.05) is 5.43 Å². The molecule has 0 saturated heterocycles. The summed E-state index contributed by atoms with van der Waals surface area (Å²) in [5, 5.41) is 14.8. The van der Waals surface area contributed by atoms with E-state index in [2.05, 4.69) is 16.6 Å². The van der Waals surface area contributed by atoms with Crippen LogP contribution in [0.4, 0.5) is 5.69 Å². The van der Waals surface area contributed by atoms with Crippen LogP contribution in [0.25, 0.3) is 5.52 Å². The van der Waals surface area contributed by atoms with Crippen molar-refractivity contribution in [3.05, 3.63) is 68.4 Å². The van der Waals surface area contributed by atoms with Gasteiger partial charge in [-0.15, -0.1) is 0 Å². The molecule has 0 spiro atoms. The number of anilines is 1. The maximum Gasteiger partial charge on any atom is 0.128 e. The van der Waals surface area contributed by atoms with E-state index in [9.17, 15) is 5.26 Å². The smallest absolute Gasteiger partial charge is 0.128 e. The third-order valence-electron chi connectivity index (χ3n) is 3.62. The first kappa shape index (κ1) is 16.7. The van der Waals surface area contributed by atoms with E-state index in [1.54, 1.807) is 18.3 Å². The van der Waals surface area contributed by atoms with Gasteiger partial charge in [-0.05, 0) is 36.8 Å². The van der Waals surface area contributed by atoms with Crippen LogP contribution in [0, 0.1) is 18.3 Å². The molecule has 0 amide bonds. The number of nitriles is 1. The maximum absolute atomic E-state index is 9.35. The van der Waals surface area contributed by atoms with Gasteiger partial charge in [0, 0.05) is 16.8 Å².